The second kappa shape index (κ2) is 9.14. The lowest BCUT2D eigenvalue weighted by Crippen LogP contribution is -2.13. The second-order valence-electron chi connectivity index (χ2n) is 6.02. The summed E-state index contributed by atoms with van der Waals surface area (Å²) in [7, 11) is 1.59. The summed E-state index contributed by atoms with van der Waals surface area (Å²) in [5.41, 5.74) is 1.56. The number of nitrogens with one attached hydrogen (secondary N) is 1. The molecule has 2 aromatic carbocycles. The Morgan fingerprint density at radius 1 is 1.20 bits per heavy atom. The number of fused-ring (bicyclic) bond motifs is 1. The first-order valence-electron chi connectivity index (χ1n) is 9.08. The molecule has 0 spiro atoms. The number of nitrogens with zero attached hydrogens (tertiary/aromatic N) is 3. The Morgan fingerprint density at radius 2 is 2.10 bits per heavy atom. The van der Waals surface area contributed by atoms with Gasteiger partial charge in [0, 0.05) is 5.56 Å². The van der Waals surface area contributed by atoms with Crippen LogP contribution in [0.3, 0.4) is 0 Å². The fraction of sp³-hybridized carbons (Fsp3) is 0.200. The van der Waals surface area contributed by atoms with Crippen molar-refractivity contribution in [1.82, 2.24) is 15.2 Å². The first-order valence-corrected chi connectivity index (χ1v) is 10.9. The molecule has 1 N–H and O–H groups in total. The maximum Gasteiger partial charge on any atom is 0.277 e. The summed E-state index contributed by atoms with van der Waals surface area (Å²) >= 11 is 2.56. The van der Waals surface area contributed by atoms with Gasteiger partial charge < -0.3 is 19.2 Å². The van der Waals surface area contributed by atoms with E-state index in [4.69, 9.17) is 13.9 Å². The molecule has 154 valence electrons. The van der Waals surface area contributed by atoms with E-state index in [1.54, 1.807) is 13.2 Å². The van der Waals surface area contributed by atoms with Crippen molar-refractivity contribution in [2.45, 2.75) is 12.1 Å². The SMILES string of the molecule is CCOc1ccc2nc(NC(=O)CSc3nnc(-c4cccc(OC)c4)o3)sc2c1. The summed E-state index contributed by atoms with van der Waals surface area (Å²) in [5.74, 6) is 1.77. The summed E-state index contributed by atoms with van der Waals surface area (Å²) in [4.78, 5) is 16.7. The van der Waals surface area contributed by atoms with Crippen molar-refractivity contribution in [2.75, 3.05) is 24.8 Å². The molecular formula is C20H18N4O4S2. The number of aromatic nitrogens is 3. The van der Waals surface area contributed by atoms with Crippen molar-refractivity contribution in [3.63, 3.8) is 0 Å². The lowest BCUT2D eigenvalue weighted by Gasteiger charge is -2.00. The zero-order valence-electron chi connectivity index (χ0n) is 16.2. The van der Waals surface area contributed by atoms with E-state index in [0.717, 1.165) is 33.3 Å². The molecular weight excluding hydrogens is 424 g/mol. The van der Waals surface area contributed by atoms with Gasteiger partial charge in [-0.05, 0) is 43.3 Å². The zero-order valence-corrected chi connectivity index (χ0v) is 17.9. The van der Waals surface area contributed by atoms with Crippen LogP contribution in [-0.2, 0) is 4.79 Å². The van der Waals surface area contributed by atoms with E-state index >= 15 is 0 Å². The van der Waals surface area contributed by atoms with E-state index in [9.17, 15) is 4.79 Å². The van der Waals surface area contributed by atoms with Crippen LogP contribution in [0.1, 0.15) is 6.92 Å². The van der Waals surface area contributed by atoms with Crippen LogP contribution >= 0.6 is 23.1 Å². The summed E-state index contributed by atoms with van der Waals surface area (Å²) < 4.78 is 17.3. The topological polar surface area (TPSA) is 99.4 Å². The predicted octanol–water partition coefficient (Wildman–Crippen LogP) is 4.48. The third-order valence-corrected chi connectivity index (χ3v) is 5.72. The number of carbonyl (C=O) groups is 1. The Morgan fingerprint density at radius 3 is 2.93 bits per heavy atom. The minimum atomic E-state index is -0.204. The molecule has 0 bridgehead atoms. The monoisotopic (exact) mass is 442 g/mol. The van der Waals surface area contributed by atoms with Gasteiger partial charge in [0.15, 0.2) is 5.13 Å². The predicted molar refractivity (Wildman–Crippen MR) is 116 cm³/mol. The van der Waals surface area contributed by atoms with Crippen molar-refractivity contribution in [1.29, 1.82) is 0 Å². The number of ether oxygens (including phenoxy) is 2. The van der Waals surface area contributed by atoms with Gasteiger partial charge in [0.1, 0.15) is 11.5 Å². The molecule has 10 heteroatoms. The van der Waals surface area contributed by atoms with Crippen molar-refractivity contribution in [3.05, 3.63) is 42.5 Å². The summed E-state index contributed by atoms with van der Waals surface area (Å²) in [5, 5.41) is 11.7. The number of anilines is 1. The summed E-state index contributed by atoms with van der Waals surface area (Å²) in [6, 6.07) is 13.0. The van der Waals surface area contributed by atoms with Crippen molar-refractivity contribution < 1.29 is 18.7 Å². The minimum absolute atomic E-state index is 0.125. The largest absolute Gasteiger partial charge is 0.497 e. The molecule has 0 radical (unpaired) electrons. The Bertz CT molecular complexity index is 1170. The molecule has 0 aliphatic rings. The number of carbonyl (C=O) groups excluding carboxylic acids is 1. The highest BCUT2D eigenvalue weighted by Gasteiger charge is 2.13. The van der Waals surface area contributed by atoms with Crippen LogP contribution in [0.25, 0.3) is 21.7 Å². The van der Waals surface area contributed by atoms with Crippen LogP contribution in [0.15, 0.2) is 52.1 Å². The highest BCUT2D eigenvalue weighted by molar-refractivity contribution is 7.99. The first-order chi connectivity index (χ1) is 14.6. The average molecular weight is 443 g/mol. The van der Waals surface area contributed by atoms with Crippen LogP contribution in [0.4, 0.5) is 5.13 Å². The van der Waals surface area contributed by atoms with E-state index in [1.807, 2.05) is 43.3 Å². The normalized spacial score (nSPS) is 10.9. The molecule has 4 rings (SSSR count). The third kappa shape index (κ3) is 4.71. The molecule has 0 saturated carbocycles. The first kappa shape index (κ1) is 20.2. The van der Waals surface area contributed by atoms with Crippen molar-refractivity contribution in [3.8, 4) is 23.0 Å². The van der Waals surface area contributed by atoms with E-state index < -0.39 is 0 Å². The molecule has 2 aromatic heterocycles. The van der Waals surface area contributed by atoms with Crippen molar-refractivity contribution >= 4 is 44.4 Å². The van der Waals surface area contributed by atoms with Gasteiger partial charge in [-0.25, -0.2) is 4.98 Å². The Kier molecular flexibility index (Phi) is 6.15. The Hall–Kier alpha value is -3.11. The summed E-state index contributed by atoms with van der Waals surface area (Å²) in [6.07, 6.45) is 0. The molecule has 0 aliphatic carbocycles. The van der Waals surface area contributed by atoms with Gasteiger partial charge in [-0.15, -0.1) is 10.2 Å². The van der Waals surface area contributed by atoms with E-state index in [0.29, 0.717) is 28.6 Å². The van der Waals surface area contributed by atoms with Crippen LogP contribution in [-0.4, -0.2) is 40.6 Å². The highest BCUT2D eigenvalue weighted by atomic mass is 32.2. The maximum absolute atomic E-state index is 12.3. The number of thioether (sulfide) groups is 1. The lowest BCUT2D eigenvalue weighted by molar-refractivity contribution is -0.113. The van der Waals surface area contributed by atoms with E-state index in [-0.39, 0.29) is 11.7 Å². The van der Waals surface area contributed by atoms with Gasteiger partial charge in [0.2, 0.25) is 11.8 Å². The zero-order chi connectivity index (χ0) is 20.9. The number of hydrogen-bond donors (Lipinski definition) is 1. The van der Waals surface area contributed by atoms with Gasteiger partial charge in [0.25, 0.3) is 5.22 Å². The number of methoxy groups -OCH3 is 1. The van der Waals surface area contributed by atoms with Crippen LogP contribution < -0.4 is 14.8 Å². The molecule has 0 unspecified atom stereocenters. The molecule has 4 aromatic rings. The van der Waals surface area contributed by atoms with Crippen LogP contribution in [0.5, 0.6) is 11.5 Å². The quantitative estimate of drug-likeness (QED) is 0.399. The van der Waals surface area contributed by atoms with E-state index in [2.05, 4.69) is 20.5 Å². The number of rotatable bonds is 8. The highest BCUT2D eigenvalue weighted by Crippen LogP contribution is 2.30. The standard InChI is InChI=1S/C20H18N4O4S2/c1-3-27-14-7-8-15-16(10-14)30-19(21-15)22-17(25)11-29-20-24-23-18(28-20)12-5-4-6-13(9-12)26-2/h4-10H,3,11H2,1-2H3,(H,21,22,25). The molecule has 0 atom stereocenters. The van der Waals surface area contributed by atoms with Crippen LogP contribution in [0.2, 0.25) is 0 Å². The second-order valence-corrected chi connectivity index (χ2v) is 7.98. The maximum atomic E-state index is 12.3. The average Bonchev–Trinajstić information content (AvgIpc) is 3.39. The Balaban J connectivity index is 1.36. The molecule has 1 amide bonds. The number of hydrogen-bond acceptors (Lipinski definition) is 9. The third-order valence-electron chi connectivity index (χ3n) is 3.97. The lowest BCUT2D eigenvalue weighted by atomic mass is 10.2. The molecule has 2 heterocycles. The van der Waals surface area contributed by atoms with Gasteiger partial charge in [-0.1, -0.05) is 29.2 Å². The van der Waals surface area contributed by atoms with Crippen molar-refractivity contribution in [2.24, 2.45) is 0 Å². The fourth-order valence-corrected chi connectivity index (χ4v) is 4.11. The van der Waals surface area contributed by atoms with Gasteiger partial charge in [-0.3, -0.25) is 4.79 Å². The smallest absolute Gasteiger partial charge is 0.277 e. The molecule has 0 aliphatic heterocycles. The molecule has 8 nitrogen and oxygen atoms in total. The molecule has 0 saturated heterocycles. The fourth-order valence-electron chi connectivity index (χ4n) is 2.64. The number of amides is 1. The molecule has 0 fully saturated rings. The Labute approximate surface area is 180 Å². The summed E-state index contributed by atoms with van der Waals surface area (Å²) in [6.45, 7) is 2.53. The minimum Gasteiger partial charge on any atom is -0.497 e. The van der Waals surface area contributed by atoms with Gasteiger partial charge in [-0.2, -0.15) is 0 Å². The number of thiazole rings is 1. The molecule has 30 heavy (non-hydrogen) atoms. The van der Waals surface area contributed by atoms with Crippen LogP contribution in [0, 0.1) is 0 Å². The number of benzene rings is 2. The van der Waals surface area contributed by atoms with E-state index in [1.165, 1.54) is 11.3 Å². The van der Waals surface area contributed by atoms with Gasteiger partial charge >= 0.3 is 0 Å². The van der Waals surface area contributed by atoms with Gasteiger partial charge in [0.05, 0.1) is 29.7 Å².